The van der Waals surface area contributed by atoms with Crippen molar-refractivity contribution < 1.29 is 14.3 Å². The molecular formula is C17H25BrClNO3. The molecule has 1 aromatic carbocycles. The van der Waals surface area contributed by atoms with Gasteiger partial charge in [-0.15, -0.1) is 12.4 Å². The Balaban J connectivity index is 0.00000264. The molecule has 6 heteroatoms. The van der Waals surface area contributed by atoms with Crippen molar-refractivity contribution in [2.75, 3.05) is 32.8 Å². The third kappa shape index (κ3) is 7.10. The van der Waals surface area contributed by atoms with Crippen molar-refractivity contribution >= 4 is 34.3 Å². The lowest BCUT2D eigenvalue weighted by atomic mass is 9.97. The lowest BCUT2D eigenvalue weighted by Crippen LogP contribution is -2.37. The standard InChI is InChI=1S/C17H24BrNO3.ClH/c1-2-21-17(20)14-7-10-19(11-8-14)9-4-12-22-16-6-3-5-15(18)13-16;/h3,5-6,13-14H,2,4,7-12H2,1H3;1H. The zero-order chi connectivity index (χ0) is 15.8. The first kappa shape index (κ1) is 20.3. The molecule has 4 nitrogen and oxygen atoms in total. The SMILES string of the molecule is CCOC(=O)C1CCN(CCCOc2cccc(Br)c2)CC1.Cl. The van der Waals surface area contributed by atoms with Crippen LogP contribution in [0.25, 0.3) is 0 Å². The molecule has 0 amide bonds. The van der Waals surface area contributed by atoms with Crippen LogP contribution in [-0.2, 0) is 9.53 Å². The number of esters is 1. The maximum Gasteiger partial charge on any atom is 0.309 e. The average Bonchev–Trinajstić information content (AvgIpc) is 2.52. The minimum atomic E-state index is -0.0277. The molecular weight excluding hydrogens is 382 g/mol. The highest BCUT2D eigenvalue weighted by Gasteiger charge is 2.25. The lowest BCUT2D eigenvalue weighted by molar-refractivity contribution is -0.149. The van der Waals surface area contributed by atoms with Gasteiger partial charge in [0.1, 0.15) is 5.75 Å². The number of carbonyl (C=O) groups excluding carboxylic acids is 1. The average molecular weight is 407 g/mol. The van der Waals surface area contributed by atoms with E-state index in [0.717, 1.165) is 49.1 Å². The first-order chi connectivity index (χ1) is 10.7. The molecule has 0 aliphatic carbocycles. The third-order valence-electron chi connectivity index (χ3n) is 3.89. The van der Waals surface area contributed by atoms with Gasteiger partial charge in [-0.05, 0) is 57.5 Å². The molecule has 0 saturated carbocycles. The van der Waals surface area contributed by atoms with E-state index in [1.54, 1.807) is 0 Å². The van der Waals surface area contributed by atoms with Crippen LogP contribution in [0.2, 0.25) is 0 Å². The Hall–Kier alpha value is -0.780. The molecule has 1 aromatic rings. The van der Waals surface area contributed by atoms with Gasteiger partial charge in [-0.3, -0.25) is 4.79 Å². The van der Waals surface area contributed by atoms with Gasteiger partial charge in [0.2, 0.25) is 0 Å². The van der Waals surface area contributed by atoms with Crippen molar-refractivity contribution in [3.63, 3.8) is 0 Å². The van der Waals surface area contributed by atoms with Crippen molar-refractivity contribution in [3.8, 4) is 5.75 Å². The van der Waals surface area contributed by atoms with E-state index in [2.05, 4.69) is 20.8 Å². The molecule has 0 aromatic heterocycles. The predicted molar refractivity (Wildman–Crippen MR) is 97.3 cm³/mol. The second-order valence-corrected chi connectivity index (χ2v) is 6.44. The molecule has 0 N–H and O–H groups in total. The fraction of sp³-hybridized carbons (Fsp3) is 0.588. The monoisotopic (exact) mass is 405 g/mol. The second-order valence-electron chi connectivity index (χ2n) is 5.53. The number of hydrogen-bond donors (Lipinski definition) is 0. The molecule has 1 fully saturated rings. The topological polar surface area (TPSA) is 38.8 Å². The number of rotatable bonds is 7. The molecule has 0 bridgehead atoms. The summed E-state index contributed by atoms with van der Waals surface area (Å²) in [5.74, 6) is 0.963. The van der Waals surface area contributed by atoms with Crippen LogP contribution in [0.15, 0.2) is 28.7 Å². The summed E-state index contributed by atoms with van der Waals surface area (Å²) in [5, 5.41) is 0. The number of ether oxygens (including phenoxy) is 2. The summed E-state index contributed by atoms with van der Waals surface area (Å²) >= 11 is 3.44. The Morgan fingerprint density at radius 3 is 2.74 bits per heavy atom. The van der Waals surface area contributed by atoms with E-state index in [1.165, 1.54) is 0 Å². The Labute approximate surface area is 153 Å². The first-order valence-electron chi connectivity index (χ1n) is 7.96. The molecule has 0 atom stereocenters. The van der Waals surface area contributed by atoms with Gasteiger partial charge in [0.15, 0.2) is 0 Å². The molecule has 1 heterocycles. The van der Waals surface area contributed by atoms with Gasteiger partial charge in [-0.25, -0.2) is 0 Å². The molecule has 0 radical (unpaired) electrons. The van der Waals surface area contributed by atoms with Crippen LogP contribution < -0.4 is 4.74 Å². The first-order valence-corrected chi connectivity index (χ1v) is 8.75. The summed E-state index contributed by atoms with van der Waals surface area (Å²) in [5.41, 5.74) is 0. The van der Waals surface area contributed by atoms with Gasteiger partial charge < -0.3 is 14.4 Å². The summed E-state index contributed by atoms with van der Waals surface area (Å²) < 4.78 is 11.9. The second kappa shape index (κ2) is 10.9. The Morgan fingerprint density at radius 2 is 2.09 bits per heavy atom. The van der Waals surface area contributed by atoms with E-state index in [1.807, 2.05) is 31.2 Å². The van der Waals surface area contributed by atoms with Crippen LogP contribution in [-0.4, -0.2) is 43.7 Å². The van der Waals surface area contributed by atoms with Gasteiger partial charge >= 0.3 is 5.97 Å². The number of benzene rings is 1. The van der Waals surface area contributed by atoms with Crippen molar-refractivity contribution in [1.29, 1.82) is 0 Å². The fourth-order valence-corrected chi connectivity index (χ4v) is 3.07. The smallest absolute Gasteiger partial charge is 0.309 e. The highest BCUT2D eigenvalue weighted by molar-refractivity contribution is 9.10. The highest BCUT2D eigenvalue weighted by Crippen LogP contribution is 2.20. The maximum absolute atomic E-state index is 11.7. The number of halogens is 2. The molecule has 130 valence electrons. The summed E-state index contributed by atoms with van der Waals surface area (Å²) in [6.07, 6.45) is 2.81. The summed E-state index contributed by atoms with van der Waals surface area (Å²) in [6, 6.07) is 7.90. The number of likely N-dealkylation sites (tertiary alicyclic amines) is 1. The summed E-state index contributed by atoms with van der Waals surface area (Å²) in [7, 11) is 0. The van der Waals surface area contributed by atoms with Crippen LogP contribution in [0, 0.1) is 5.92 Å². The van der Waals surface area contributed by atoms with Gasteiger partial charge in [-0.2, -0.15) is 0 Å². The van der Waals surface area contributed by atoms with Crippen LogP contribution in [0.5, 0.6) is 5.75 Å². The Morgan fingerprint density at radius 1 is 1.35 bits per heavy atom. The minimum Gasteiger partial charge on any atom is -0.494 e. The van der Waals surface area contributed by atoms with Gasteiger partial charge in [0.05, 0.1) is 19.1 Å². The zero-order valence-corrected chi connectivity index (χ0v) is 15.9. The molecule has 1 saturated heterocycles. The van der Waals surface area contributed by atoms with E-state index >= 15 is 0 Å². The van der Waals surface area contributed by atoms with Gasteiger partial charge in [0, 0.05) is 11.0 Å². The molecule has 0 spiro atoms. The third-order valence-corrected chi connectivity index (χ3v) is 4.38. The van der Waals surface area contributed by atoms with Crippen LogP contribution in [0.4, 0.5) is 0 Å². The molecule has 23 heavy (non-hydrogen) atoms. The van der Waals surface area contributed by atoms with Crippen molar-refractivity contribution in [2.45, 2.75) is 26.2 Å². The Bertz CT molecular complexity index is 479. The van der Waals surface area contributed by atoms with E-state index in [9.17, 15) is 4.79 Å². The number of hydrogen-bond acceptors (Lipinski definition) is 4. The van der Waals surface area contributed by atoms with Crippen molar-refractivity contribution in [2.24, 2.45) is 5.92 Å². The molecule has 2 rings (SSSR count). The van der Waals surface area contributed by atoms with Gasteiger partial charge in [0.25, 0.3) is 0 Å². The maximum atomic E-state index is 11.7. The largest absolute Gasteiger partial charge is 0.494 e. The number of piperidine rings is 1. The van der Waals surface area contributed by atoms with Crippen LogP contribution in [0.1, 0.15) is 26.2 Å². The minimum absolute atomic E-state index is 0. The normalized spacial score (nSPS) is 15.7. The Kier molecular flexibility index (Phi) is 9.60. The van der Waals surface area contributed by atoms with E-state index < -0.39 is 0 Å². The summed E-state index contributed by atoms with van der Waals surface area (Å²) in [6.45, 7) is 6.02. The van der Waals surface area contributed by atoms with Gasteiger partial charge in [-0.1, -0.05) is 22.0 Å². The zero-order valence-electron chi connectivity index (χ0n) is 13.5. The van der Waals surface area contributed by atoms with Crippen molar-refractivity contribution in [3.05, 3.63) is 28.7 Å². The van der Waals surface area contributed by atoms with E-state index in [0.29, 0.717) is 13.2 Å². The quantitative estimate of drug-likeness (QED) is 0.508. The van der Waals surface area contributed by atoms with E-state index in [4.69, 9.17) is 9.47 Å². The predicted octanol–water partition coefficient (Wildman–Crippen LogP) is 3.91. The van der Waals surface area contributed by atoms with Crippen LogP contribution >= 0.6 is 28.3 Å². The fourth-order valence-electron chi connectivity index (χ4n) is 2.69. The molecule has 0 unspecified atom stereocenters. The summed E-state index contributed by atoms with van der Waals surface area (Å²) in [4.78, 5) is 14.1. The van der Waals surface area contributed by atoms with E-state index in [-0.39, 0.29) is 24.3 Å². The number of nitrogens with zero attached hydrogens (tertiary/aromatic N) is 1. The van der Waals surface area contributed by atoms with Crippen LogP contribution in [0.3, 0.4) is 0 Å². The lowest BCUT2D eigenvalue weighted by Gasteiger charge is -2.30. The molecule has 1 aliphatic heterocycles. The molecule has 1 aliphatic rings. The highest BCUT2D eigenvalue weighted by atomic mass is 79.9. The van der Waals surface area contributed by atoms with Crippen molar-refractivity contribution in [1.82, 2.24) is 4.90 Å². The number of carbonyl (C=O) groups is 1.